The van der Waals surface area contributed by atoms with Gasteiger partial charge in [0.15, 0.2) is 0 Å². The third kappa shape index (κ3) is 2.77. The van der Waals surface area contributed by atoms with Crippen LogP contribution in [0.1, 0.15) is 25.3 Å². The zero-order valence-corrected chi connectivity index (χ0v) is 12.0. The van der Waals surface area contributed by atoms with Crippen molar-refractivity contribution in [3.8, 4) is 5.75 Å². The van der Waals surface area contributed by atoms with Crippen molar-refractivity contribution >= 4 is 0 Å². The Labute approximate surface area is 116 Å². The summed E-state index contributed by atoms with van der Waals surface area (Å²) in [5.74, 6) is 0.963. The van der Waals surface area contributed by atoms with Crippen molar-refractivity contribution in [3.63, 3.8) is 0 Å². The predicted molar refractivity (Wildman–Crippen MR) is 77.5 cm³/mol. The van der Waals surface area contributed by atoms with E-state index in [2.05, 4.69) is 34.9 Å². The number of rotatable bonds is 3. The number of hydrogen-bond acceptors (Lipinski definition) is 3. The molecule has 3 nitrogen and oxygen atoms in total. The fourth-order valence-corrected chi connectivity index (χ4v) is 3.47. The van der Waals surface area contributed by atoms with Gasteiger partial charge in [0.05, 0.1) is 7.11 Å². The highest BCUT2D eigenvalue weighted by atomic mass is 16.5. The highest BCUT2D eigenvalue weighted by molar-refractivity contribution is 5.28. The largest absolute Gasteiger partial charge is 0.497 e. The van der Waals surface area contributed by atoms with Crippen LogP contribution in [-0.4, -0.2) is 48.6 Å². The Balaban J connectivity index is 1.68. The topological polar surface area (TPSA) is 15.7 Å². The first-order valence-electron chi connectivity index (χ1n) is 7.37. The molecule has 2 aliphatic rings. The van der Waals surface area contributed by atoms with Gasteiger partial charge in [-0.15, -0.1) is 0 Å². The van der Waals surface area contributed by atoms with E-state index in [1.165, 1.54) is 38.0 Å². The highest BCUT2D eigenvalue weighted by Gasteiger charge is 2.34. The van der Waals surface area contributed by atoms with Crippen LogP contribution in [0.25, 0.3) is 0 Å². The molecule has 0 unspecified atom stereocenters. The van der Waals surface area contributed by atoms with E-state index >= 15 is 0 Å². The summed E-state index contributed by atoms with van der Waals surface area (Å²) in [6, 6.07) is 9.92. The van der Waals surface area contributed by atoms with Crippen molar-refractivity contribution in [2.75, 3.05) is 26.7 Å². The van der Waals surface area contributed by atoms with Gasteiger partial charge in [0.1, 0.15) is 5.75 Å². The summed E-state index contributed by atoms with van der Waals surface area (Å²) in [5, 5.41) is 0. The van der Waals surface area contributed by atoms with Crippen molar-refractivity contribution in [1.29, 1.82) is 0 Å². The van der Waals surface area contributed by atoms with Crippen LogP contribution in [0.3, 0.4) is 0 Å². The molecular weight excluding hydrogens is 236 g/mol. The van der Waals surface area contributed by atoms with Crippen LogP contribution in [0.15, 0.2) is 24.3 Å². The number of piperazine rings is 1. The van der Waals surface area contributed by atoms with E-state index in [0.29, 0.717) is 6.04 Å². The number of hydrogen-bond donors (Lipinski definition) is 0. The Morgan fingerprint density at radius 1 is 1.32 bits per heavy atom. The second-order valence-electron chi connectivity index (χ2n) is 5.92. The molecule has 0 saturated carbocycles. The summed E-state index contributed by atoms with van der Waals surface area (Å²) >= 11 is 0. The van der Waals surface area contributed by atoms with Gasteiger partial charge in [-0.3, -0.25) is 9.80 Å². The molecule has 2 fully saturated rings. The Bertz CT molecular complexity index is 435. The van der Waals surface area contributed by atoms with Crippen molar-refractivity contribution < 1.29 is 4.74 Å². The van der Waals surface area contributed by atoms with E-state index in [-0.39, 0.29) is 0 Å². The van der Waals surface area contributed by atoms with E-state index in [1.54, 1.807) is 7.11 Å². The van der Waals surface area contributed by atoms with Crippen LogP contribution in [0.5, 0.6) is 5.75 Å². The Morgan fingerprint density at radius 3 is 3.05 bits per heavy atom. The molecule has 1 aromatic carbocycles. The maximum Gasteiger partial charge on any atom is 0.119 e. The lowest BCUT2D eigenvalue weighted by Gasteiger charge is -2.42. The fraction of sp³-hybridized carbons (Fsp3) is 0.625. The lowest BCUT2D eigenvalue weighted by atomic mass is 10.1. The summed E-state index contributed by atoms with van der Waals surface area (Å²) in [7, 11) is 1.74. The van der Waals surface area contributed by atoms with E-state index in [1.807, 2.05) is 6.07 Å². The first-order valence-corrected chi connectivity index (χ1v) is 7.37. The molecule has 2 aliphatic heterocycles. The van der Waals surface area contributed by atoms with Gasteiger partial charge >= 0.3 is 0 Å². The van der Waals surface area contributed by atoms with Crippen molar-refractivity contribution in [2.24, 2.45) is 0 Å². The fourth-order valence-electron chi connectivity index (χ4n) is 3.47. The van der Waals surface area contributed by atoms with Crippen LogP contribution in [0, 0.1) is 0 Å². The Morgan fingerprint density at radius 2 is 2.21 bits per heavy atom. The average molecular weight is 260 g/mol. The smallest absolute Gasteiger partial charge is 0.119 e. The zero-order chi connectivity index (χ0) is 13.2. The molecule has 3 rings (SSSR count). The summed E-state index contributed by atoms with van der Waals surface area (Å²) in [6.07, 6.45) is 2.76. The monoisotopic (exact) mass is 260 g/mol. The van der Waals surface area contributed by atoms with Crippen LogP contribution < -0.4 is 4.74 Å². The summed E-state index contributed by atoms with van der Waals surface area (Å²) in [4.78, 5) is 5.30. The summed E-state index contributed by atoms with van der Waals surface area (Å²) in [5.41, 5.74) is 1.36. The molecule has 0 amide bonds. The number of nitrogens with zero attached hydrogens (tertiary/aromatic N) is 2. The molecule has 0 N–H and O–H groups in total. The average Bonchev–Trinajstić information content (AvgIpc) is 2.86. The van der Waals surface area contributed by atoms with Gasteiger partial charge in [0.25, 0.3) is 0 Å². The van der Waals surface area contributed by atoms with E-state index in [0.717, 1.165) is 18.3 Å². The van der Waals surface area contributed by atoms with Gasteiger partial charge in [0, 0.05) is 31.7 Å². The molecular formula is C16H24N2O. The SMILES string of the molecule is COc1cccc(CN2C[C@@H]3CCCN3C[C@@H]2C)c1. The van der Waals surface area contributed by atoms with Gasteiger partial charge in [-0.25, -0.2) is 0 Å². The van der Waals surface area contributed by atoms with Crippen molar-refractivity contribution in [3.05, 3.63) is 29.8 Å². The molecule has 0 aromatic heterocycles. The third-order valence-corrected chi connectivity index (χ3v) is 4.59. The predicted octanol–water partition coefficient (Wildman–Crippen LogP) is 2.36. The zero-order valence-electron chi connectivity index (χ0n) is 12.0. The summed E-state index contributed by atoms with van der Waals surface area (Å²) in [6.45, 7) is 7.16. The Kier molecular flexibility index (Phi) is 3.76. The minimum Gasteiger partial charge on any atom is -0.497 e. The lowest BCUT2D eigenvalue weighted by molar-refractivity contribution is 0.0540. The van der Waals surface area contributed by atoms with Crippen molar-refractivity contribution in [2.45, 2.75) is 38.4 Å². The molecule has 0 aliphatic carbocycles. The standard InChI is InChI=1S/C16H24N2O/c1-13-10-17-8-4-6-15(17)12-18(13)11-14-5-3-7-16(9-14)19-2/h3,5,7,9,13,15H,4,6,8,10-12H2,1-2H3/t13-,15-/m0/s1. The van der Waals surface area contributed by atoms with Crippen LogP contribution in [-0.2, 0) is 6.54 Å². The first kappa shape index (κ1) is 12.9. The third-order valence-electron chi connectivity index (χ3n) is 4.59. The molecule has 104 valence electrons. The van der Waals surface area contributed by atoms with Gasteiger partial charge in [-0.05, 0) is 44.0 Å². The van der Waals surface area contributed by atoms with Gasteiger partial charge in [-0.2, -0.15) is 0 Å². The quantitative estimate of drug-likeness (QED) is 0.830. The maximum atomic E-state index is 5.31. The van der Waals surface area contributed by atoms with Gasteiger partial charge in [0.2, 0.25) is 0 Å². The number of benzene rings is 1. The minimum atomic E-state index is 0.653. The summed E-state index contributed by atoms with van der Waals surface area (Å²) < 4.78 is 5.31. The molecule has 3 heteroatoms. The molecule has 2 heterocycles. The molecule has 2 atom stereocenters. The maximum absolute atomic E-state index is 5.31. The van der Waals surface area contributed by atoms with Gasteiger partial charge < -0.3 is 4.74 Å². The number of ether oxygens (including phenoxy) is 1. The van der Waals surface area contributed by atoms with Crippen LogP contribution >= 0.6 is 0 Å². The molecule has 19 heavy (non-hydrogen) atoms. The van der Waals surface area contributed by atoms with Crippen LogP contribution in [0.2, 0.25) is 0 Å². The van der Waals surface area contributed by atoms with E-state index < -0.39 is 0 Å². The van der Waals surface area contributed by atoms with E-state index in [9.17, 15) is 0 Å². The second kappa shape index (κ2) is 5.51. The normalized spacial score (nSPS) is 28.3. The minimum absolute atomic E-state index is 0.653. The van der Waals surface area contributed by atoms with Gasteiger partial charge in [-0.1, -0.05) is 12.1 Å². The van der Waals surface area contributed by atoms with Crippen molar-refractivity contribution in [1.82, 2.24) is 9.80 Å². The number of fused-ring (bicyclic) bond motifs is 1. The first-order chi connectivity index (χ1) is 9.26. The molecule has 0 radical (unpaired) electrons. The van der Waals surface area contributed by atoms with Crippen LogP contribution in [0.4, 0.5) is 0 Å². The molecule has 0 bridgehead atoms. The molecule has 2 saturated heterocycles. The van der Waals surface area contributed by atoms with E-state index in [4.69, 9.17) is 4.74 Å². The lowest BCUT2D eigenvalue weighted by Crippen LogP contribution is -2.54. The molecule has 0 spiro atoms. The highest BCUT2D eigenvalue weighted by Crippen LogP contribution is 2.26. The second-order valence-corrected chi connectivity index (χ2v) is 5.92. The number of methoxy groups -OCH3 is 1. The Hall–Kier alpha value is -1.06. The molecule has 1 aromatic rings.